The summed E-state index contributed by atoms with van der Waals surface area (Å²) < 4.78 is 5.16. The van der Waals surface area contributed by atoms with Crippen molar-refractivity contribution in [1.82, 2.24) is 5.32 Å². The Kier molecular flexibility index (Phi) is 5.63. The highest BCUT2D eigenvalue weighted by molar-refractivity contribution is 5.90. The van der Waals surface area contributed by atoms with Crippen LogP contribution in [0.25, 0.3) is 0 Å². The van der Waals surface area contributed by atoms with Gasteiger partial charge in [-0.15, -0.1) is 0 Å². The molecule has 2 amide bonds. The highest BCUT2D eigenvalue weighted by Gasteiger charge is 2.06. The third kappa shape index (κ3) is 4.74. The Morgan fingerprint density at radius 3 is 2.48 bits per heavy atom. The minimum absolute atomic E-state index is 0.192. The molecule has 0 aliphatic heterocycles. The van der Waals surface area contributed by atoms with Gasteiger partial charge in [0.1, 0.15) is 5.75 Å². The summed E-state index contributed by atoms with van der Waals surface area (Å²) in [5.74, 6) is 0.781. The molecule has 2 rings (SSSR count). The molecule has 0 spiro atoms. The lowest BCUT2D eigenvalue weighted by Crippen LogP contribution is -2.30. The molecule has 122 valence electrons. The molecule has 2 aromatic rings. The van der Waals surface area contributed by atoms with E-state index >= 15 is 0 Å². The van der Waals surface area contributed by atoms with Crippen LogP contribution in [0.3, 0.4) is 0 Å². The normalized spacial score (nSPS) is 10.3. The highest BCUT2D eigenvalue weighted by atomic mass is 16.5. The molecular weight excluding hydrogens is 288 g/mol. The Bertz CT molecular complexity index is 696. The first-order chi connectivity index (χ1) is 11.0. The molecule has 0 unspecified atom stereocenters. The van der Waals surface area contributed by atoms with Crippen molar-refractivity contribution in [3.63, 3.8) is 0 Å². The fraction of sp³-hybridized carbons (Fsp3) is 0.316. The predicted molar refractivity (Wildman–Crippen MR) is 94.4 cm³/mol. The fourth-order valence-corrected chi connectivity index (χ4v) is 2.51. The van der Waals surface area contributed by atoms with Crippen LogP contribution in [-0.4, -0.2) is 19.7 Å². The number of hydrogen-bond acceptors (Lipinski definition) is 2. The Morgan fingerprint density at radius 1 is 1.04 bits per heavy atom. The Labute approximate surface area is 137 Å². The zero-order valence-corrected chi connectivity index (χ0v) is 14.2. The van der Waals surface area contributed by atoms with Crippen LogP contribution in [0, 0.1) is 20.8 Å². The van der Waals surface area contributed by atoms with Crippen LogP contribution in [0.2, 0.25) is 0 Å². The standard InChI is InChI=1S/C19H24N2O2/c1-13-5-6-16(14(2)11-13)9-10-20-19(22)21-18-8-7-17(23-4)12-15(18)3/h5-8,11-12H,9-10H2,1-4H3,(H2,20,21,22). The molecule has 4 heteroatoms. The first-order valence-electron chi connectivity index (χ1n) is 7.75. The zero-order valence-electron chi connectivity index (χ0n) is 14.2. The molecule has 0 bridgehead atoms. The lowest BCUT2D eigenvalue weighted by molar-refractivity contribution is 0.252. The van der Waals surface area contributed by atoms with Gasteiger partial charge in [0.25, 0.3) is 0 Å². The zero-order chi connectivity index (χ0) is 16.8. The van der Waals surface area contributed by atoms with Gasteiger partial charge in [-0.25, -0.2) is 4.79 Å². The van der Waals surface area contributed by atoms with Gasteiger partial charge in [-0.05, 0) is 62.1 Å². The molecule has 2 N–H and O–H groups in total. The van der Waals surface area contributed by atoms with Crippen LogP contribution in [0.5, 0.6) is 5.75 Å². The Balaban J connectivity index is 1.85. The van der Waals surface area contributed by atoms with Crippen molar-refractivity contribution in [2.45, 2.75) is 27.2 Å². The summed E-state index contributed by atoms with van der Waals surface area (Å²) in [6.45, 7) is 6.72. The maximum absolute atomic E-state index is 12.0. The number of methoxy groups -OCH3 is 1. The third-order valence-corrected chi connectivity index (χ3v) is 3.86. The number of carbonyl (C=O) groups excluding carboxylic acids is 1. The van der Waals surface area contributed by atoms with Gasteiger partial charge in [0.15, 0.2) is 0 Å². The average molecular weight is 312 g/mol. The van der Waals surface area contributed by atoms with Gasteiger partial charge in [-0.2, -0.15) is 0 Å². The van der Waals surface area contributed by atoms with Crippen LogP contribution in [-0.2, 0) is 6.42 Å². The van der Waals surface area contributed by atoms with Crippen molar-refractivity contribution in [3.05, 3.63) is 58.7 Å². The Morgan fingerprint density at radius 2 is 1.83 bits per heavy atom. The lowest BCUT2D eigenvalue weighted by atomic mass is 10.0. The number of aryl methyl sites for hydroxylation is 3. The van der Waals surface area contributed by atoms with E-state index in [1.54, 1.807) is 7.11 Å². The van der Waals surface area contributed by atoms with Crippen LogP contribution in [0.4, 0.5) is 10.5 Å². The van der Waals surface area contributed by atoms with Crippen molar-refractivity contribution >= 4 is 11.7 Å². The molecule has 0 heterocycles. The van der Waals surface area contributed by atoms with Gasteiger partial charge < -0.3 is 15.4 Å². The number of nitrogens with one attached hydrogen (secondary N) is 2. The SMILES string of the molecule is COc1ccc(NC(=O)NCCc2ccc(C)cc2C)c(C)c1. The minimum Gasteiger partial charge on any atom is -0.497 e. The summed E-state index contributed by atoms with van der Waals surface area (Å²) in [6.07, 6.45) is 0.821. The van der Waals surface area contributed by atoms with Crippen LogP contribution in [0.1, 0.15) is 22.3 Å². The van der Waals surface area contributed by atoms with E-state index in [0.29, 0.717) is 6.54 Å². The van der Waals surface area contributed by atoms with E-state index in [-0.39, 0.29) is 6.03 Å². The number of ether oxygens (including phenoxy) is 1. The van der Waals surface area contributed by atoms with Crippen LogP contribution in [0.15, 0.2) is 36.4 Å². The van der Waals surface area contributed by atoms with Gasteiger partial charge in [-0.3, -0.25) is 0 Å². The van der Waals surface area contributed by atoms with E-state index in [1.807, 2.05) is 25.1 Å². The predicted octanol–water partition coefficient (Wildman–Crippen LogP) is 3.98. The maximum atomic E-state index is 12.0. The van der Waals surface area contributed by atoms with Gasteiger partial charge in [0, 0.05) is 12.2 Å². The van der Waals surface area contributed by atoms with Gasteiger partial charge in [0.2, 0.25) is 0 Å². The molecule has 23 heavy (non-hydrogen) atoms. The minimum atomic E-state index is -0.192. The average Bonchev–Trinajstić information content (AvgIpc) is 2.51. The third-order valence-electron chi connectivity index (χ3n) is 3.86. The van der Waals surface area contributed by atoms with E-state index < -0.39 is 0 Å². The van der Waals surface area contributed by atoms with Gasteiger partial charge in [-0.1, -0.05) is 23.8 Å². The fourth-order valence-electron chi connectivity index (χ4n) is 2.51. The summed E-state index contributed by atoms with van der Waals surface area (Å²) in [7, 11) is 1.63. The first kappa shape index (κ1) is 16.9. The van der Waals surface area contributed by atoms with Crippen molar-refractivity contribution in [1.29, 1.82) is 0 Å². The van der Waals surface area contributed by atoms with E-state index in [9.17, 15) is 4.79 Å². The molecule has 0 aromatic heterocycles. The Hall–Kier alpha value is -2.49. The van der Waals surface area contributed by atoms with E-state index in [1.165, 1.54) is 16.7 Å². The van der Waals surface area contributed by atoms with Crippen molar-refractivity contribution in [3.8, 4) is 5.75 Å². The maximum Gasteiger partial charge on any atom is 0.319 e. The summed E-state index contributed by atoms with van der Waals surface area (Å²) in [6, 6.07) is 11.8. The quantitative estimate of drug-likeness (QED) is 0.877. The summed E-state index contributed by atoms with van der Waals surface area (Å²) in [4.78, 5) is 12.0. The van der Waals surface area contributed by atoms with E-state index in [4.69, 9.17) is 4.74 Å². The number of amides is 2. The largest absolute Gasteiger partial charge is 0.497 e. The second kappa shape index (κ2) is 7.68. The summed E-state index contributed by atoms with van der Waals surface area (Å²) in [5.41, 5.74) is 5.53. The number of rotatable bonds is 5. The molecule has 0 saturated carbocycles. The summed E-state index contributed by atoms with van der Waals surface area (Å²) >= 11 is 0. The second-order valence-corrected chi connectivity index (χ2v) is 5.74. The molecule has 0 fully saturated rings. The number of anilines is 1. The molecule has 4 nitrogen and oxygen atoms in total. The smallest absolute Gasteiger partial charge is 0.319 e. The summed E-state index contributed by atoms with van der Waals surface area (Å²) in [5, 5.41) is 5.76. The molecule has 0 saturated heterocycles. The molecule has 0 radical (unpaired) electrons. The molecule has 0 aliphatic carbocycles. The number of hydrogen-bond donors (Lipinski definition) is 2. The first-order valence-corrected chi connectivity index (χ1v) is 7.75. The topological polar surface area (TPSA) is 50.4 Å². The number of carbonyl (C=O) groups is 1. The number of urea groups is 1. The second-order valence-electron chi connectivity index (χ2n) is 5.74. The van der Waals surface area contributed by atoms with Crippen LogP contribution < -0.4 is 15.4 Å². The molecule has 0 atom stereocenters. The van der Waals surface area contributed by atoms with Crippen LogP contribution >= 0.6 is 0 Å². The molecule has 2 aromatic carbocycles. The lowest BCUT2D eigenvalue weighted by Gasteiger charge is -2.12. The monoisotopic (exact) mass is 312 g/mol. The van der Waals surface area contributed by atoms with Crippen molar-refractivity contribution in [2.24, 2.45) is 0 Å². The van der Waals surface area contributed by atoms with Gasteiger partial charge in [0.05, 0.1) is 7.11 Å². The van der Waals surface area contributed by atoms with E-state index in [0.717, 1.165) is 23.4 Å². The molecular formula is C19H24N2O2. The number of benzene rings is 2. The van der Waals surface area contributed by atoms with Gasteiger partial charge >= 0.3 is 6.03 Å². The van der Waals surface area contributed by atoms with Crippen molar-refractivity contribution < 1.29 is 9.53 Å². The van der Waals surface area contributed by atoms with Crippen molar-refractivity contribution in [2.75, 3.05) is 19.0 Å². The van der Waals surface area contributed by atoms with E-state index in [2.05, 4.69) is 42.7 Å². The molecule has 0 aliphatic rings. The highest BCUT2D eigenvalue weighted by Crippen LogP contribution is 2.20.